The number of carbonyl (C=O) groups is 2. The number of methoxy groups -OCH3 is 1. The van der Waals surface area contributed by atoms with E-state index in [0.717, 1.165) is 11.1 Å². The fraction of sp³-hybridized carbons (Fsp3) is 0.562. The largest absolute Gasteiger partial charge is 0.493 e. The first-order valence-electron chi connectivity index (χ1n) is 15.2. The molecule has 0 fully saturated rings. The highest BCUT2D eigenvalue weighted by Crippen LogP contribution is 2.29. The Balaban J connectivity index is 1.96. The van der Waals surface area contributed by atoms with E-state index >= 15 is 0 Å². The van der Waals surface area contributed by atoms with Gasteiger partial charge in [0.25, 0.3) is 5.91 Å². The summed E-state index contributed by atoms with van der Waals surface area (Å²) in [5.41, 5.74) is 4.36. The minimum atomic E-state index is -4.02. The van der Waals surface area contributed by atoms with E-state index in [0.29, 0.717) is 31.9 Å². The number of aliphatic hydroxyl groups excluding tert-OH is 1. The summed E-state index contributed by atoms with van der Waals surface area (Å²) in [6, 6.07) is 13.2. The van der Waals surface area contributed by atoms with Gasteiger partial charge in [0.2, 0.25) is 15.9 Å². The number of hydrogen-bond acceptors (Lipinski definition) is 8. The van der Waals surface area contributed by atoms with Crippen LogP contribution in [0.15, 0.2) is 53.4 Å². The molecule has 3 N–H and O–H groups in total. The molecule has 3 rings (SSSR count). The summed E-state index contributed by atoms with van der Waals surface area (Å²) in [5.74, 6) is -0.219. The Hall–Kier alpha value is -3.03. The molecule has 0 radical (unpaired) electrons. The maximum absolute atomic E-state index is 14.0. The quantitative estimate of drug-likeness (QED) is 0.179. The van der Waals surface area contributed by atoms with Gasteiger partial charge < -0.3 is 19.9 Å². The molecule has 2 aromatic carbocycles. The first-order chi connectivity index (χ1) is 20.9. The lowest BCUT2D eigenvalue weighted by atomic mass is 9.99. The molecule has 0 aromatic heterocycles. The van der Waals surface area contributed by atoms with Gasteiger partial charge in [-0.1, -0.05) is 58.0 Å². The summed E-state index contributed by atoms with van der Waals surface area (Å²) in [6.45, 7) is 8.76. The van der Waals surface area contributed by atoms with Gasteiger partial charge in [-0.2, -0.15) is 4.31 Å². The highest BCUT2D eigenvalue weighted by atomic mass is 32.2. The number of fused-ring (bicyclic) bond motifs is 1. The van der Waals surface area contributed by atoms with Crippen molar-refractivity contribution in [3.63, 3.8) is 0 Å². The number of sulfonamides is 1. The molecule has 0 spiro atoms. The van der Waals surface area contributed by atoms with E-state index in [9.17, 15) is 23.1 Å². The van der Waals surface area contributed by atoms with Gasteiger partial charge >= 0.3 is 0 Å². The summed E-state index contributed by atoms with van der Waals surface area (Å²) in [5, 5.41) is 16.0. The van der Waals surface area contributed by atoms with Crippen LogP contribution in [-0.2, 0) is 37.2 Å². The van der Waals surface area contributed by atoms with Crippen LogP contribution in [0.2, 0.25) is 0 Å². The monoisotopic (exact) mass is 632 g/mol. The predicted octanol–water partition coefficient (Wildman–Crippen LogP) is 2.38. The second-order valence-corrected chi connectivity index (χ2v) is 13.9. The van der Waals surface area contributed by atoms with Gasteiger partial charge in [-0.05, 0) is 47.6 Å². The molecule has 2 aromatic rings. The molecule has 1 heterocycles. The van der Waals surface area contributed by atoms with Crippen LogP contribution in [-0.4, -0.2) is 93.3 Å². The topological polar surface area (TPSA) is 138 Å². The summed E-state index contributed by atoms with van der Waals surface area (Å²) in [4.78, 5) is 26.7. The van der Waals surface area contributed by atoms with E-state index in [-0.39, 0.29) is 55.1 Å². The van der Waals surface area contributed by atoms with Crippen molar-refractivity contribution < 1.29 is 32.6 Å². The van der Waals surface area contributed by atoms with E-state index in [2.05, 4.69) is 10.7 Å². The average Bonchev–Trinajstić information content (AvgIpc) is 3.45. The summed E-state index contributed by atoms with van der Waals surface area (Å²) < 4.78 is 39.8. The van der Waals surface area contributed by atoms with Crippen LogP contribution in [0.3, 0.4) is 0 Å². The van der Waals surface area contributed by atoms with Crippen molar-refractivity contribution in [1.82, 2.24) is 20.1 Å². The second kappa shape index (κ2) is 16.9. The van der Waals surface area contributed by atoms with Crippen molar-refractivity contribution in [2.45, 2.75) is 64.0 Å². The first kappa shape index (κ1) is 35.4. The van der Waals surface area contributed by atoms with Crippen molar-refractivity contribution in [3.05, 3.63) is 59.7 Å². The number of amides is 2. The maximum atomic E-state index is 14.0. The molecular weight excluding hydrogens is 584 g/mol. The first-order valence-corrected chi connectivity index (χ1v) is 16.6. The molecule has 12 heteroatoms. The SMILES string of the molecule is COCCNCC(=O)NN(C(=O)CC(C)C)C(Cc1ccccc1)[C@H](O)CN(CC(C)C)S(=O)(=O)c1ccc2c(c1)CCO2. The van der Waals surface area contributed by atoms with Gasteiger partial charge in [0.1, 0.15) is 5.75 Å². The van der Waals surface area contributed by atoms with E-state index in [1.54, 1.807) is 19.2 Å². The zero-order valence-electron chi connectivity index (χ0n) is 26.5. The third-order valence-electron chi connectivity index (χ3n) is 7.19. The van der Waals surface area contributed by atoms with Crippen LogP contribution < -0.4 is 15.5 Å². The number of nitrogens with one attached hydrogen (secondary N) is 2. The Morgan fingerprint density at radius 2 is 1.77 bits per heavy atom. The summed E-state index contributed by atoms with van der Waals surface area (Å²) in [6.07, 6.45) is -0.396. The van der Waals surface area contributed by atoms with Gasteiger partial charge in [0, 0.05) is 39.6 Å². The van der Waals surface area contributed by atoms with Crippen LogP contribution in [0, 0.1) is 11.8 Å². The Bertz CT molecular complexity index is 1320. The van der Waals surface area contributed by atoms with Gasteiger partial charge in [-0.25, -0.2) is 13.4 Å². The number of nitrogens with zero attached hydrogens (tertiary/aromatic N) is 2. The molecule has 0 saturated carbocycles. The van der Waals surface area contributed by atoms with Crippen molar-refractivity contribution >= 4 is 21.8 Å². The Morgan fingerprint density at radius 3 is 2.43 bits per heavy atom. The number of aliphatic hydroxyl groups is 1. The van der Waals surface area contributed by atoms with E-state index < -0.39 is 28.1 Å². The lowest BCUT2D eigenvalue weighted by molar-refractivity contribution is -0.148. The van der Waals surface area contributed by atoms with Crippen molar-refractivity contribution in [1.29, 1.82) is 0 Å². The molecular formula is C32H48N4O7S. The Morgan fingerprint density at radius 1 is 1.05 bits per heavy atom. The fourth-order valence-corrected chi connectivity index (χ4v) is 6.74. The van der Waals surface area contributed by atoms with Crippen molar-refractivity contribution in [2.75, 3.05) is 46.5 Å². The third-order valence-corrected chi connectivity index (χ3v) is 9.01. The van der Waals surface area contributed by atoms with E-state index in [1.807, 2.05) is 58.0 Å². The standard InChI is InChI=1S/C32H48N4O7S/c1-23(2)17-32(39)36(34-31(38)20-33-14-16-42-5)28(18-25-9-7-6-8-10-25)29(37)22-35(21-24(3)4)44(40,41)27-11-12-30-26(19-27)13-15-43-30/h6-12,19,23-24,28-29,33,37H,13-18,20-22H2,1-5H3,(H,34,38)/t28?,29-/m1/s1. The molecule has 11 nitrogen and oxygen atoms in total. The lowest BCUT2D eigenvalue weighted by Crippen LogP contribution is -2.60. The van der Waals surface area contributed by atoms with Gasteiger partial charge in [0.05, 0.1) is 36.8 Å². The van der Waals surface area contributed by atoms with Crippen LogP contribution in [0.1, 0.15) is 45.2 Å². The normalized spacial score (nSPS) is 14.4. The average molecular weight is 633 g/mol. The van der Waals surface area contributed by atoms with Crippen molar-refractivity contribution in [2.24, 2.45) is 11.8 Å². The highest BCUT2D eigenvalue weighted by Gasteiger charge is 2.36. The molecule has 2 amide bonds. The molecule has 1 aliphatic heterocycles. The predicted molar refractivity (Wildman–Crippen MR) is 168 cm³/mol. The third kappa shape index (κ3) is 10.3. The summed E-state index contributed by atoms with van der Waals surface area (Å²) in [7, 11) is -2.46. The molecule has 0 aliphatic carbocycles. The number of hydrazine groups is 1. The Kier molecular flexibility index (Phi) is 13.6. The number of benzene rings is 2. The zero-order chi connectivity index (χ0) is 32.3. The molecule has 0 saturated heterocycles. The fourth-order valence-electron chi connectivity index (χ4n) is 5.06. The number of ether oxygens (including phenoxy) is 2. The van der Waals surface area contributed by atoms with Crippen LogP contribution in [0.4, 0.5) is 0 Å². The van der Waals surface area contributed by atoms with Crippen molar-refractivity contribution in [3.8, 4) is 5.75 Å². The minimum Gasteiger partial charge on any atom is -0.493 e. The number of rotatable bonds is 17. The van der Waals surface area contributed by atoms with E-state index in [1.165, 1.54) is 15.4 Å². The van der Waals surface area contributed by atoms with Gasteiger partial charge in [0.15, 0.2) is 0 Å². The molecule has 2 atom stereocenters. The molecule has 1 unspecified atom stereocenters. The minimum absolute atomic E-state index is 0.0159. The molecule has 0 bridgehead atoms. The molecule has 244 valence electrons. The van der Waals surface area contributed by atoms with Gasteiger partial charge in [-0.3, -0.25) is 15.0 Å². The van der Waals surface area contributed by atoms with E-state index in [4.69, 9.17) is 9.47 Å². The van der Waals surface area contributed by atoms with Crippen LogP contribution in [0.25, 0.3) is 0 Å². The van der Waals surface area contributed by atoms with Crippen LogP contribution >= 0.6 is 0 Å². The number of carbonyl (C=O) groups excluding carboxylic acids is 2. The highest BCUT2D eigenvalue weighted by molar-refractivity contribution is 7.89. The Labute approximate surface area is 261 Å². The number of hydrogen-bond donors (Lipinski definition) is 3. The smallest absolute Gasteiger partial charge is 0.252 e. The van der Waals surface area contributed by atoms with Gasteiger partial charge in [-0.15, -0.1) is 0 Å². The summed E-state index contributed by atoms with van der Waals surface area (Å²) >= 11 is 0. The second-order valence-electron chi connectivity index (χ2n) is 12.0. The van der Waals surface area contributed by atoms with Crippen LogP contribution in [0.5, 0.6) is 5.75 Å². The molecule has 44 heavy (non-hydrogen) atoms. The zero-order valence-corrected chi connectivity index (χ0v) is 27.3. The lowest BCUT2D eigenvalue weighted by Gasteiger charge is -2.37. The maximum Gasteiger partial charge on any atom is 0.252 e. The molecule has 1 aliphatic rings.